The first-order chi connectivity index (χ1) is 10.0. The number of carbonyl (C=O) groups excluding carboxylic acids is 1. The summed E-state index contributed by atoms with van der Waals surface area (Å²) in [4.78, 5) is 16.3. The number of rotatable bonds is 7. The fourth-order valence-electron chi connectivity index (χ4n) is 1.52. The van der Waals surface area contributed by atoms with Gasteiger partial charge in [-0.1, -0.05) is 23.4 Å². The first-order valence-corrected chi connectivity index (χ1v) is 6.79. The van der Waals surface area contributed by atoms with Gasteiger partial charge in [-0.15, -0.1) is 0 Å². The normalized spacial score (nSPS) is 11.8. The molecule has 0 aliphatic carbocycles. The Kier molecular flexibility index (Phi) is 7.01. The summed E-state index contributed by atoms with van der Waals surface area (Å²) in [5.41, 5.74) is 1.71. The third-order valence-electron chi connectivity index (χ3n) is 2.49. The van der Waals surface area contributed by atoms with Crippen LogP contribution in [0.1, 0.15) is 26.3 Å². The van der Waals surface area contributed by atoms with E-state index in [0.717, 1.165) is 11.3 Å². The minimum absolute atomic E-state index is 0.0775. The van der Waals surface area contributed by atoms with Crippen LogP contribution in [-0.4, -0.2) is 31.4 Å². The summed E-state index contributed by atoms with van der Waals surface area (Å²) < 4.78 is 5.09. The number of nitrogens with one attached hydrogen (secondary N) is 1. The monoisotopic (exact) mass is 290 g/mol. The summed E-state index contributed by atoms with van der Waals surface area (Å²) in [5.74, 6) is 0.637. The predicted octanol–water partition coefficient (Wildman–Crippen LogP) is 2.63. The molecule has 1 amide bonds. The summed E-state index contributed by atoms with van der Waals surface area (Å²) in [7, 11) is 1.63. The van der Waals surface area contributed by atoms with Gasteiger partial charge in [0.25, 0.3) is 5.91 Å². The predicted molar refractivity (Wildman–Crippen MR) is 84.4 cm³/mol. The molecule has 5 heteroatoms. The van der Waals surface area contributed by atoms with Crippen molar-refractivity contribution in [3.63, 3.8) is 0 Å². The van der Waals surface area contributed by atoms with Gasteiger partial charge in [0.15, 0.2) is 6.61 Å². The average molecular weight is 290 g/mol. The molecule has 0 aliphatic heterocycles. The fraction of sp³-hybridized carbons (Fsp3) is 0.375. The van der Waals surface area contributed by atoms with Crippen molar-refractivity contribution in [3.05, 3.63) is 35.9 Å². The Morgan fingerprint density at radius 1 is 1.33 bits per heavy atom. The Hall–Kier alpha value is -2.30. The number of ether oxygens (including phenoxy) is 1. The Morgan fingerprint density at radius 3 is 2.57 bits per heavy atom. The third kappa shape index (κ3) is 7.15. The maximum absolute atomic E-state index is 11.3. The van der Waals surface area contributed by atoms with Gasteiger partial charge in [-0.3, -0.25) is 4.79 Å². The number of hydrogen-bond donors (Lipinski definition) is 1. The Bertz CT molecular complexity index is 505. The lowest BCUT2D eigenvalue weighted by Crippen LogP contribution is -2.32. The SMILES string of the molecule is COc1ccc(/C=C/C(C)=N/OCC(=O)NC(C)C)cc1. The van der Waals surface area contributed by atoms with Crippen molar-refractivity contribution in [2.45, 2.75) is 26.8 Å². The van der Waals surface area contributed by atoms with Crippen LogP contribution in [0.5, 0.6) is 5.75 Å². The molecule has 0 atom stereocenters. The van der Waals surface area contributed by atoms with Gasteiger partial charge in [0.1, 0.15) is 5.75 Å². The van der Waals surface area contributed by atoms with E-state index in [-0.39, 0.29) is 18.6 Å². The molecule has 0 aromatic heterocycles. The van der Waals surface area contributed by atoms with Gasteiger partial charge in [-0.2, -0.15) is 0 Å². The van der Waals surface area contributed by atoms with Gasteiger partial charge in [-0.25, -0.2) is 0 Å². The van der Waals surface area contributed by atoms with E-state index < -0.39 is 0 Å². The lowest BCUT2D eigenvalue weighted by atomic mass is 10.2. The third-order valence-corrected chi connectivity index (χ3v) is 2.49. The number of oxime groups is 1. The van der Waals surface area contributed by atoms with Crippen molar-refractivity contribution in [1.82, 2.24) is 5.32 Å². The van der Waals surface area contributed by atoms with E-state index in [4.69, 9.17) is 9.57 Å². The maximum Gasteiger partial charge on any atom is 0.260 e. The van der Waals surface area contributed by atoms with Crippen LogP contribution in [0.15, 0.2) is 35.5 Å². The zero-order valence-corrected chi connectivity index (χ0v) is 12.9. The number of hydrogen-bond acceptors (Lipinski definition) is 4. The molecule has 0 bridgehead atoms. The van der Waals surface area contributed by atoms with Gasteiger partial charge in [-0.05, 0) is 44.5 Å². The highest BCUT2D eigenvalue weighted by Gasteiger charge is 2.02. The molecular weight excluding hydrogens is 268 g/mol. The zero-order chi connectivity index (χ0) is 15.7. The molecule has 0 saturated carbocycles. The molecule has 0 radical (unpaired) electrons. The van der Waals surface area contributed by atoms with E-state index in [1.807, 2.05) is 50.3 Å². The summed E-state index contributed by atoms with van der Waals surface area (Å²) in [6, 6.07) is 7.76. The molecule has 0 aliphatic rings. The van der Waals surface area contributed by atoms with Crippen molar-refractivity contribution in [2.24, 2.45) is 5.16 Å². The first kappa shape index (κ1) is 16.8. The van der Waals surface area contributed by atoms with Crippen LogP contribution >= 0.6 is 0 Å². The van der Waals surface area contributed by atoms with E-state index in [1.165, 1.54) is 0 Å². The molecule has 5 nitrogen and oxygen atoms in total. The molecule has 114 valence electrons. The fourth-order valence-corrected chi connectivity index (χ4v) is 1.52. The minimum atomic E-state index is -0.180. The lowest BCUT2D eigenvalue weighted by molar-refractivity contribution is -0.126. The highest BCUT2D eigenvalue weighted by molar-refractivity contribution is 5.96. The van der Waals surface area contributed by atoms with Crippen LogP contribution in [0.3, 0.4) is 0 Å². The summed E-state index contributed by atoms with van der Waals surface area (Å²) in [6.07, 6.45) is 3.73. The maximum atomic E-state index is 11.3. The molecule has 1 aromatic rings. The highest BCUT2D eigenvalue weighted by Crippen LogP contribution is 2.12. The van der Waals surface area contributed by atoms with Gasteiger partial charge >= 0.3 is 0 Å². The number of methoxy groups -OCH3 is 1. The van der Waals surface area contributed by atoms with Crippen molar-refractivity contribution in [3.8, 4) is 5.75 Å². The second-order valence-corrected chi connectivity index (χ2v) is 4.83. The molecule has 0 unspecified atom stereocenters. The lowest BCUT2D eigenvalue weighted by Gasteiger charge is -2.06. The molecule has 1 aromatic carbocycles. The van der Waals surface area contributed by atoms with Crippen molar-refractivity contribution >= 4 is 17.7 Å². The number of amides is 1. The molecule has 21 heavy (non-hydrogen) atoms. The standard InChI is InChI=1S/C16H22N2O3/c1-12(2)17-16(19)11-21-18-13(3)5-6-14-7-9-15(20-4)10-8-14/h5-10,12H,11H2,1-4H3,(H,17,19)/b6-5+,18-13+. The molecular formula is C16H22N2O3. The van der Waals surface area contributed by atoms with Crippen molar-refractivity contribution < 1.29 is 14.4 Å². The molecule has 1 N–H and O–H groups in total. The smallest absolute Gasteiger partial charge is 0.260 e. The topological polar surface area (TPSA) is 59.9 Å². The van der Waals surface area contributed by atoms with Crippen LogP contribution < -0.4 is 10.1 Å². The van der Waals surface area contributed by atoms with E-state index in [2.05, 4.69) is 10.5 Å². The molecule has 0 heterocycles. The molecule has 0 fully saturated rings. The Labute approximate surface area is 125 Å². The van der Waals surface area contributed by atoms with Crippen molar-refractivity contribution in [1.29, 1.82) is 0 Å². The van der Waals surface area contributed by atoms with Gasteiger partial charge in [0.2, 0.25) is 0 Å². The largest absolute Gasteiger partial charge is 0.497 e. The second-order valence-electron chi connectivity index (χ2n) is 4.83. The van der Waals surface area contributed by atoms with E-state index in [0.29, 0.717) is 5.71 Å². The average Bonchev–Trinajstić information content (AvgIpc) is 2.45. The van der Waals surface area contributed by atoms with Gasteiger partial charge in [0.05, 0.1) is 12.8 Å². The van der Waals surface area contributed by atoms with E-state index in [1.54, 1.807) is 14.0 Å². The zero-order valence-electron chi connectivity index (χ0n) is 12.9. The quantitative estimate of drug-likeness (QED) is 0.620. The van der Waals surface area contributed by atoms with Crippen LogP contribution in [0.2, 0.25) is 0 Å². The van der Waals surface area contributed by atoms with Crippen LogP contribution in [-0.2, 0) is 9.63 Å². The van der Waals surface area contributed by atoms with Crippen LogP contribution in [0.4, 0.5) is 0 Å². The van der Waals surface area contributed by atoms with Crippen molar-refractivity contribution in [2.75, 3.05) is 13.7 Å². The number of allylic oxidation sites excluding steroid dienone is 1. The van der Waals surface area contributed by atoms with Gasteiger partial charge in [0, 0.05) is 6.04 Å². The number of carbonyl (C=O) groups is 1. The Morgan fingerprint density at radius 2 is 2.00 bits per heavy atom. The number of benzene rings is 1. The summed E-state index contributed by atoms with van der Waals surface area (Å²) in [5, 5.41) is 6.59. The second kappa shape index (κ2) is 8.79. The first-order valence-electron chi connectivity index (χ1n) is 6.79. The van der Waals surface area contributed by atoms with Gasteiger partial charge < -0.3 is 14.9 Å². The summed E-state index contributed by atoms with van der Waals surface area (Å²) >= 11 is 0. The van der Waals surface area contributed by atoms with Crippen LogP contribution in [0, 0.1) is 0 Å². The van der Waals surface area contributed by atoms with E-state index >= 15 is 0 Å². The van der Waals surface area contributed by atoms with Crippen LogP contribution in [0.25, 0.3) is 6.08 Å². The molecule has 0 spiro atoms. The minimum Gasteiger partial charge on any atom is -0.497 e. The number of nitrogens with zero attached hydrogens (tertiary/aromatic N) is 1. The Balaban J connectivity index is 2.43. The summed E-state index contributed by atoms with van der Waals surface area (Å²) in [6.45, 7) is 5.51. The van der Waals surface area contributed by atoms with E-state index in [9.17, 15) is 4.79 Å². The highest BCUT2D eigenvalue weighted by atomic mass is 16.6. The molecule has 1 rings (SSSR count). The molecule has 0 saturated heterocycles.